The Morgan fingerprint density at radius 1 is 1.36 bits per heavy atom. The lowest BCUT2D eigenvalue weighted by molar-refractivity contribution is -0.141. The van der Waals surface area contributed by atoms with Gasteiger partial charge in [0, 0.05) is 6.54 Å². The molecule has 0 aliphatic rings. The number of carboxylic acid groups (broad SMARTS) is 1. The van der Waals surface area contributed by atoms with E-state index in [2.05, 4.69) is 14.9 Å². The van der Waals surface area contributed by atoms with Gasteiger partial charge in [-0.2, -0.15) is 5.10 Å². The molecule has 1 aromatic carbocycles. The number of nitrogens with zero attached hydrogens (tertiary/aromatic N) is 1. The highest BCUT2D eigenvalue weighted by Gasteiger charge is 2.23. The summed E-state index contributed by atoms with van der Waals surface area (Å²) in [7, 11) is -3.78. The monoisotopic (exact) mass is 323 g/mol. The number of carboxylic acids is 1. The number of benzene rings is 1. The fourth-order valence-electron chi connectivity index (χ4n) is 2.04. The molecule has 0 aliphatic carbocycles. The summed E-state index contributed by atoms with van der Waals surface area (Å²) in [6, 6.07) is 9.08. The first-order valence-corrected chi connectivity index (χ1v) is 8.15. The number of hydrogen-bond acceptors (Lipinski definition) is 4. The van der Waals surface area contributed by atoms with Gasteiger partial charge >= 0.3 is 5.97 Å². The topological polar surface area (TPSA) is 112 Å². The van der Waals surface area contributed by atoms with Crippen molar-refractivity contribution < 1.29 is 18.3 Å². The van der Waals surface area contributed by atoms with Crippen molar-refractivity contribution in [3.63, 3.8) is 0 Å². The number of sulfonamides is 1. The number of aromatic amines is 1. The summed E-state index contributed by atoms with van der Waals surface area (Å²) in [5, 5.41) is 15.5. The van der Waals surface area contributed by atoms with E-state index in [-0.39, 0.29) is 17.9 Å². The number of carbonyl (C=O) groups is 1. The molecule has 0 aliphatic heterocycles. The van der Waals surface area contributed by atoms with Crippen molar-refractivity contribution in [1.82, 2.24) is 14.9 Å². The van der Waals surface area contributed by atoms with Crippen LogP contribution in [0.4, 0.5) is 0 Å². The highest BCUT2D eigenvalue weighted by molar-refractivity contribution is 7.89. The molecule has 1 unspecified atom stereocenters. The van der Waals surface area contributed by atoms with Crippen LogP contribution in [0.15, 0.2) is 41.4 Å². The van der Waals surface area contributed by atoms with Crippen molar-refractivity contribution in [2.45, 2.75) is 18.2 Å². The normalized spacial score (nSPS) is 13.0. The Hall–Kier alpha value is -2.19. The van der Waals surface area contributed by atoms with Crippen LogP contribution in [0.3, 0.4) is 0 Å². The van der Waals surface area contributed by atoms with E-state index in [1.807, 2.05) is 30.3 Å². The van der Waals surface area contributed by atoms with Gasteiger partial charge < -0.3 is 5.11 Å². The highest BCUT2D eigenvalue weighted by Crippen LogP contribution is 2.13. The molecule has 1 aromatic heterocycles. The first kappa shape index (κ1) is 16.2. The molecule has 2 aromatic rings. The molecule has 0 radical (unpaired) electrons. The minimum atomic E-state index is -3.78. The van der Waals surface area contributed by atoms with Crippen molar-refractivity contribution in [3.05, 3.63) is 47.8 Å². The van der Waals surface area contributed by atoms with Crippen LogP contribution in [0, 0.1) is 12.8 Å². The fourth-order valence-corrected chi connectivity index (χ4v) is 3.26. The zero-order valence-electron chi connectivity index (χ0n) is 12.0. The molecule has 7 nitrogen and oxygen atoms in total. The molecule has 1 heterocycles. The molecule has 1 atom stereocenters. The van der Waals surface area contributed by atoms with Crippen LogP contribution in [0.5, 0.6) is 0 Å². The molecule has 0 amide bonds. The second kappa shape index (κ2) is 6.71. The van der Waals surface area contributed by atoms with E-state index in [1.54, 1.807) is 6.92 Å². The van der Waals surface area contributed by atoms with E-state index in [0.29, 0.717) is 5.69 Å². The summed E-state index contributed by atoms with van der Waals surface area (Å²) in [4.78, 5) is 11.3. The maximum absolute atomic E-state index is 12.1. The average Bonchev–Trinajstić information content (AvgIpc) is 2.91. The molecule has 8 heteroatoms. The van der Waals surface area contributed by atoms with Crippen LogP contribution in [0.25, 0.3) is 0 Å². The summed E-state index contributed by atoms with van der Waals surface area (Å²) in [5.41, 5.74) is 1.25. The molecule has 118 valence electrons. The lowest BCUT2D eigenvalue weighted by Crippen LogP contribution is -2.34. The van der Waals surface area contributed by atoms with Gasteiger partial charge in [0.2, 0.25) is 10.0 Å². The predicted molar refractivity (Wildman–Crippen MR) is 79.8 cm³/mol. The second-order valence-corrected chi connectivity index (χ2v) is 6.67. The number of aromatic nitrogens is 2. The van der Waals surface area contributed by atoms with E-state index in [9.17, 15) is 18.3 Å². The van der Waals surface area contributed by atoms with Crippen molar-refractivity contribution in [3.8, 4) is 0 Å². The molecule has 0 bridgehead atoms. The van der Waals surface area contributed by atoms with Crippen molar-refractivity contribution in [2.75, 3.05) is 6.54 Å². The van der Waals surface area contributed by atoms with Gasteiger partial charge in [-0.25, -0.2) is 13.1 Å². The number of rotatable bonds is 7. The molecule has 3 N–H and O–H groups in total. The van der Waals surface area contributed by atoms with Gasteiger partial charge in [0.1, 0.15) is 4.90 Å². The van der Waals surface area contributed by atoms with Gasteiger partial charge in [-0.05, 0) is 18.9 Å². The first-order valence-electron chi connectivity index (χ1n) is 6.66. The van der Waals surface area contributed by atoms with Gasteiger partial charge in [0.25, 0.3) is 0 Å². The van der Waals surface area contributed by atoms with Crippen LogP contribution in [-0.4, -0.2) is 36.2 Å². The summed E-state index contributed by atoms with van der Waals surface area (Å²) >= 11 is 0. The molecule has 0 saturated heterocycles. The summed E-state index contributed by atoms with van der Waals surface area (Å²) in [6.45, 7) is 1.40. The molecule has 0 fully saturated rings. The third-order valence-corrected chi connectivity index (χ3v) is 4.80. The van der Waals surface area contributed by atoms with E-state index >= 15 is 0 Å². The van der Waals surface area contributed by atoms with E-state index < -0.39 is 21.9 Å². The third kappa shape index (κ3) is 3.92. The smallest absolute Gasteiger partial charge is 0.308 e. The quantitative estimate of drug-likeness (QED) is 0.702. The number of aliphatic carboxylic acids is 1. The molecule has 0 saturated carbocycles. The minimum absolute atomic E-state index is 0.0244. The SMILES string of the molecule is Cc1[nH]ncc1S(=O)(=O)NCC(Cc1ccccc1)C(=O)O. The Morgan fingerprint density at radius 3 is 2.59 bits per heavy atom. The van der Waals surface area contributed by atoms with Gasteiger partial charge in [-0.15, -0.1) is 0 Å². The van der Waals surface area contributed by atoms with Crippen LogP contribution in [0.1, 0.15) is 11.3 Å². The third-order valence-electron chi connectivity index (χ3n) is 3.27. The van der Waals surface area contributed by atoms with Gasteiger partial charge in [0.05, 0.1) is 17.8 Å². The van der Waals surface area contributed by atoms with Crippen LogP contribution >= 0.6 is 0 Å². The molecule has 2 rings (SSSR count). The van der Waals surface area contributed by atoms with Crippen molar-refractivity contribution in [1.29, 1.82) is 0 Å². The van der Waals surface area contributed by atoms with Gasteiger partial charge in [-0.3, -0.25) is 9.89 Å². The van der Waals surface area contributed by atoms with Gasteiger partial charge in [0.15, 0.2) is 0 Å². The van der Waals surface area contributed by atoms with Crippen LogP contribution < -0.4 is 4.72 Å². The van der Waals surface area contributed by atoms with Crippen LogP contribution in [-0.2, 0) is 21.2 Å². The Bertz CT molecular complexity index is 740. The lowest BCUT2D eigenvalue weighted by atomic mass is 10.00. The summed E-state index contributed by atoms with van der Waals surface area (Å²) in [5.74, 6) is -1.89. The van der Waals surface area contributed by atoms with E-state index in [1.165, 1.54) is 6.20 Å². The second-order valence-electron chi connectivity index (χ2n) is 4.94. The van der Waals surface area contributed by atoms with E-state index in [4.69, 9.17) is 0 Å². The Labute approximate surface area is 128 Å². The van der Waals surface area contributed by atoms with Crippen molar-refractivity contribution in [2.24, 2.45) is 5.92 Å². The number of nitrogens with one attached hydrogen (secondary N) is 2. The van der Waals surface area contributed by atoms with Gasteiger partial charge in [-0.1, -0.05) is 30.3 Å². The van der Waals surface area contributed by atoms with Crippen LogP contribution in [0.2, 0.25) is 0 Å². The van der Waals surface area contributed by atoms with E-state index in [0.717, 1.165) is 5.56 Å². The van der Waals surface area contributed by atoms with Crippen molar-refractivity contribution >= 4 is 16.0 Å². The zero-order chi connectivity index (χ0) is 16.2. The number of H-pyrrole nitrogens is 1. The first-order chi connectivity index (χ1) is 10.4. The predicted octanol–water partition coefficient (Wildman–Crippen LogP) is 0.940. The maximum atomic E-state index is 12.1. The Morgan fingerprint density at radius 2 is 2.05 bits per heavy atom. The largest absolute Gasteiger partial charge is 0.481 e. The number of hydrogen-bond donors (Lipinski definition) is 3. The molecular formula is C14H17N3O4S. The molecular weight excluding hydrogens is 306 g/mol. The highest BCUT2D eigenvalue weighted by atomic mass is 32.2. The fraction of sp³-hybridized carbons (Fsp3) is 0.286. The minimum Gasteiger partial charge on any atom is -0.481 e. The Balaban J connectivity index is 2.06. The number of aryl methyl sites for hydroxylation is 1. The lowest BCUT2D eigenvalue weighted by Gasteiger charge is -2.13. The zero-order valence-corrected chi connectivity index (χ0v) is 12.8. The maximum Gasteiger partial charge on any atom is 0.308 e. The molecule has 22 heavy (non-hydrogen) atoms. The standard InChI is InChI=1S/C14H17N3O4S/c1-10-13(9-15-17-10)22(20,21)16-8-12(14(18)19)7-11-5-3-2-4-6-11/h2-6,9,12,16H,7-8H2,1H3,(H,15,17)(H,18,19). The molecule has 0 spiro atoms. The summed E-state index contributed by atoms with van der Waals surface area (Å²) < 4.78 is 26.6. The Kier molecular flexibility index (Phi) is 4.94. The average molecular weight is 323 g/mol. The summed E-state index contributed by atoms with van der Waals surface area (Å²) in [6.07, 6.45) is 1.45.